The Morgan fingerprint density at radius 2 is 1.50 bits per heavy atom. The van der Waals surface area contributed by atoms with Crippen molar-refractivity contribution in [3.8, 4) is 0 Å². The summed E-state index contributed by atoms with van der Waals surface area (Å²) in [5.41, 5.74) is 0. The maximum atomic E-state index is 8.79. The minimum absolute atomic E-state index is 0.171. The van der Waals surface area contributed by atoms with Crippen LogP contribution in [-0.4, -0.2) is 78.2 Å². The van der Waals surface area contributed by atoms with Crippen LogP contribution in [0.4, 0.5) is 0 Å². The molecule has 0 fully saturated rings. The maximum Gasteiger partial charge on any atom is 0.0701 e. The highest BCUT2D eigenvalue weighted by Crippen LogP contribution is 1.91. The lowest BCUT2D eigenvalue weighted by Gasteiger charge is -2.14. The van der Waals surface area contributed by atoms with Crippen LogP contribution in [-0.2, 0) is 18.9 Å². The van der Waals surface area contributed by atoms with E-state index in [-0.39, 0.29) is 12.6 Å². The SMILES string of the molecule is CNC(CCO)COCCOCCOCCOC. The summed E-state index contributed by atoms with van der Waals surface area (Å²) < 4.78 is 20.8. The van der Waals surface area contributed by atoms with E-state index in [1.165, 1.54) is 0 Å². The van der Waals surface area contributed by atoms with E-state index in [2.05, 4.69) is 5.32 Å². The van der Waals surface area contributed by atoms with E-state index in [1.54, 1.807) is 7.11 Å². The molecule has 0 heterocycles. The van der Waals surface area contributed by atoms with Crippen molar-refractivity contribution in [2.24, 2.45) is 0 Å². The number of rotatable bonds is 14. The second-order valence-electron chi connectivity index (χ2n) is 3.79. The summed E-state index contributed by atoms with van der Waals surface area (Å²) in [5.74, 6) is 0. The third-order valence-electron chi connectivity index (χ3n) is 2.38. The van der Waals surface area contributed by atoms with Crippen LogP contribution in [0.2, 0.25) is 0 Å². The van der Waals surface area contributed by atoms with Crippen molar-refractivity contribution in [1.82, 2.24) is 5.32 Å². The van der Waals surface area contributed by atoms with Crippen LogP contribution in [0, 0.1) is 0 Å². The van der Waals surface area contributed by atoms with Crippen LogP contribution in [0.25, 0.3) is 0 Å². The van der Waals surface area contributed by atoms with Gasteiger partial charge >= 0.3 is 0 Å². The molecule has 1 unspecified atom stereocenters. The number of aliphatic hydroxyl groups excluding tert-OH is 1. The first kappa shape index (κ1) is 17.8. The molecule has 6 nitrogen and oxygen atoms in total. The molecule has 110 valence electrons. The molecule has 0 aliphatic carbocycles. The molecule has 2 N–H and O–H groups in total. The fourth-order valence-corrected chi connectivity index (χ4v) is 1.27. The number of hydrogen-bond acceptors (Lipinski definition) is 6. The van der Waals surface area contributed by atoms with Crippen molar-refractivity contribution in [3.05, 3.63) is 0 Å². The molecule has 0 saturated carbocycles. The molecule has 0 radical (unpaired) electrons. The lowest BCUT2D eigenvalue weighted by Crippen LogP contribution is -2.31. The van der Waals surface area contributed by atoms with E-state index in [1.807, 2.05) is 7.05 Å². The minimum Gasteiger partial charge on any atom is -0.396 e. The molecule has 0 aliphatic heterocycles. The molecular formula is C12H27NO5. The predicted molar refractivity (Wildman–Crippen MR) is 68.9 cm³/mol. The number of likely N-dealkylation sites (N-methyl/N-ethyl adjacent to an activating group) is 1. The summed E-state index contributed by atoms with van der Waals surface area (Å²) in [5, 5.41) is 11.9. The Kier molecular flexibility index (Phi) is 14.6. The number of methoxy groups -OCH3 is 1. The standard InChI is InChI=1S/C12H27NO5/c1-13-12(3-4-14)11-18-10-9-17-8-7-16-6-5-15-2/h12-14H,3-11H2,1-2H3. The van der Waals surface area contributed by atoms with Crippen molar-refractivity contribution < 1.29 is 24.1 Å². The fraction of sp³-hybridized carbons (Fsp3) is 1.00. The first-order chi connectivity index (χ1) is 8.85. The van der Waals surface area contributed by atoms with Crippen LogP contribution < -0.4 is 5.32 Å². The Hall–Kier alpha value is -0.240. The normalized spacial score (nSPS) is 12.8. The molecule has 0 aromatic carbocycles. The zero-order valence-corrected chi connectivity index (χ0v) is 11.5. The van der Waals surface area contributed by atoms with E-state index in [9.17, 15) is 0 Å². The van der Waals surface area contributed by atoms with Gasteiger partial charge in [-0.25, -0.2) is 0 Å². The van der Waals surface area contributed by atoms with Crippen molar-refractivity contribution in [2.45, 2.75) is 12.5 Å². The Balaban J connectivity index is 3.10. The summed E-state index contributed by atoms with van der Waals surface area (Å²) >= 11 is 0. The smallest absolute Gasteiger partial charge is 0.0701 e. The second-order valence-corrected chi connectivity index (χ2v) is 3.79. The molecule has 0 amide bonds. The Morgan fingerprint density at radius 1 is 0.944 bits per heavy atom. The van der Waals surface area contributed by atoms with Crippen LogP contribution in [0.1, 0.15) is 6.42 Å². The second kappa shape index (κ2) is 14.8. The Morgan fingerprint density at radius 3 is 2.00 bits per heavy atom. The number of aliphatic hydroxyl groups is 1. The van der Waals surface area contributed by atoms with E-state index in [4.69, 9.17) is 24.1 Å². The van der Waals surface area contributed by atoms with Crippen LogP contribution in [0.5, 0.6) is 0 Å². The van der Waals surface area contributed by atoms with Gasteiger partial charge in [-0.1, -0.05) is 0 Å². The van der Waals surface area contributed by atoms with Crippen molar-refractivity contribution in [2.75, 3.05) is 67.0 Å². The van der Waals surface area contributed by atoms with Gasteiger partial charge in [0.15, 0.2) is 0 Å². The summed E-state index contributed by atoms with van der Waals surface area (Å²) in [4.78, 5) is 0. The third kappa shape index (κ3) is 12.2. The van der Waals surface area contributed by atoms with E-state index in [0.717, 1.165) is 0 Å². The van der Waals surface area contributed by atoms with Crippen LogP contribution in [0.15, 0.2) is 0 Å². The molecule has 0 bridgehead atoms. The molecule has 0 rings (SSSR count). The van der Waals surface area contributed by atoms with Gasteiger partial charge in [0.2, 0.25) is 0 Å². The first-order valence-corrected chi connectivity index (χ1v) is 6.35. The molecule has 0 aromatic heterocycles. The highest BCUT2D eigenvalue weighted by Gasteiger charge is 2.04. The zero-order chi connectivity index (χ0) is 13.5. The highest BCUT2D eigenvalue weighted by molar-refractivity contribution is 4.61. The van der Waals surface area contributed by atoms with Crippen LogP contribution >= 0.6 is 0 Å². The van der Waals surface area contributed by atoms with Gasteiger partial charge in [-0.3, -0.25) is 0 Å². The first-order valence-electron chi connectivity index (χ1n) is 6.35. The lowest BCUT2D eigenvalue weighted by atomic mass is 10.2. The number of hydrogen-bond donors (Lipinski definition) is 2. The molecule has 0 aliphatic rings. The molecule has 6 heteroatoms. The quantitative estimate of drug-likeness (QED) is 0.419. The van der Waals surface area contributed by atoms with Crippen LogP contribution in [0.3, 0.4) is 0 Å². The maximum absolute atomic E-state index is 8.79. The molecule has 0 spiro atoms. The highest BCUT2D eigenvalue weighted by atomic mass is 16.6. The van der Waals surface area contributed by atoms with Crippen molar-refractivity contribution in [1.29, 1.82) is 0 Å². The number of nitrogens with one attached hydrogen (secondary N) is 1. The van der Waals surface area contributed by atoms with Gasteiger partial charge in [0.25, 0.3) is 0 Å². The summed E-state index contributed by atoms with van der Waals surface area (Å²) in [6.45, 7) is 4.23. The van der Waals surface area contributed by atoms with E-state index >= 15 is 0 Å². The molecule has 0 aromatic rings. The molecule has 18 heavy (non-hydrogen) atoms. The summed E-state index contributed by atoms with van der Waals surface area (Å²) in [6, 6.07) is 0.201. The Labute approximate surface area is 110 Å². The van der Waals surface area contributed by atoms with Gasteiger partial charge in [0, 0.05) is 19.8 Å². The van der Waals surface area contributed by atoms with Gasteiger partial charge in [-0.05, 0) is 13.5 Å². The fourth-order valence-electron chi connectivity index (χ4n) is 1.27. The molecule has 0 saturated heterocycles. The lowest BCUT2D eigenvalue weighted by molar-refractivity contribution is 0.000274. The number of ether oxygens (including phenoxy) is 4. The molecular weight excluding hydrogens is 238 g/mol. The summed E-state index contributed by atoms with van der Waals surface area (Å²) in [6.07, 6.45) is 0.699. The van der Waals surface area contributed by atoms with E-state index in [0.29, 0.717) is 52.7 Å². The van der Waals surface area contributed by atoms with E-state index < -0.39 is 0 Å². The average Bonchev–Trinajstić information content (AvgIpc) is 2.39. The van der Waals surface area contributed by atoms with Crippen molar-refractivity contribution >= 4 is 0 Å². The van der Waals surface area contributed by atoms with Gasteiger partial charge in [0.05, 0.1) is 46.2 Å². The average molecular weight is 265 g/mol. The third-order valence-corrected chi connectivity index (χ3v) is 2.38. The largest absolute Gasteiger partial charge is 0.396 e. The summed E-state index contributed by atoms with van der Waals surface area (Å²) in [7, 11) is 3.50. The van der Waals surface area contributed by atoms with Crippen molar-refractivity contribution in [3.63, 3.8) is 0 Å². The predicted octanol–water partition coefficient (Wildman–Crippen LogP) is -0.347. The molecule has 1 atom stereocenters. The minimum atomic E-state index is 0.171. The Bertz CT molecular complexity index is 159. The van der Waals surface area contributed by atoms with Gasteiger partial charge in [0.1, 0.15) is 0 Å². The van der Waals surface area contributed by atoms with Gasteiger partial charge in [-0.2, -0.15) is 0 Å². The monoisotopic (exact) mass is 265 g/mol. The van der Waals surface area contributed by atoms with Gasteiger partial charge < -0.3 is 29.4 Å². The van der Waals surface area contributed by atoms with Gasteiger partial charge in [-0.15, -0.1) is 0 Å². The zero-order valence-electron chi connectivity index (χ0n) is 11.5. The topological polar surface area (TPSA) is 69.2 Å².